The van der Waals surface area contributed by atoms with Gasteiger partial charge in [-0.2, -0.15) is 0 Å². The van der Waals surface area contributed by atoms with Gasteiger partial charge in [-0.25, -0.2) is 8.42 Å². The summed E-state index contributed by atoms with van der Waals surface area (Å²) in [5, 5.41) is 4.14. The largest absolute Gasteiger partial charge is 0.370 e. The third-order valence-electron chi connectivity index (χ3n) is 4.38. The number of halogens is 2. The minimum Gasteiger partial charge on any atom is -0.370 e. The Labute approximate surface area is 147 Å². The Hall–Kier alpha value is -0.980. The van der Waals surface area contributed by atoms with E-state index in [-0.39, 0.29) is 18.5 Å². The third kappa shape index (κ3) is 4.11. The summed E-state index contributed by atoms with van der Waals surface area (Å²) in [7, 11) is -3.14. The lowest BCUT2D eigenvalue weighted by Crippen LogP contribution is -2.48. The van der Waals surface area contributed by atoms with Gasteiger partial charge in [-0.1, -0.05) is 35.7 Å². The maximum absolute atomic E-state index is 11.9. The smallest absolute Gasteiger partial charge is 0.189 e. The second-order valence-corrected chi connectivity index (χ2v) is 9.30. The van der Waals surface area contributed by atoms with Crippen LogP contribution in [0.2, 0.25) is 10.0 Å². The molecule has 1 aliphatic carbocycles. The molecule has 1 aromatic rings. The topological polar surface area (TPSA) is 84.5 Å². The van der Waals surface area contributed by atoms with Crippen molar-refractivity contribution in [2.24, 2.45) is 10.7 Å². The summed E-state index contributed by atoms with van der Waals surface area (Å²) in [4.78, 5) is 4.23. The zero-order chi connectivity index (χ0) is 17.3. The molecule has 1 fully saturated rings. The van der Waals surface area contributed by atoms with Gasteiger partial charge in [0.25, 0.3) is 0 Å². The van der Waals surface area contributed by atoms with Crippen LogP contribution in [0.5, 0.6) is 0 Å². The van der Waals surface area contributed by atoms with Crippen LogP contribution in [-0.2, 0) is 9.84 Å². The average Bonchev–Trinajstić information content (AvgIpc) is 2.35. The third-order valence-corrected chi connectivity index (χ3v) is 7.06. The highest BCUT2D eigenvalue weighted by atomic mass is 35.5. The molecule has 1 unspecified atom stereocenters. The maximum atomic E-state index is 11.9. The van der Waals surface area contributed by atoms with Crippen LogP contribution >= 0.6 is 23.2 Å². The summed E-state index contributed by atoms with van der Waals surface area (Å²) in [6.07, 6.45) is 3.45. The van der Waals surface area contributed by atoms with Crippen molar-refractivity contribution >= 4 is 39.0 Å². The van der Waals surface area contributed by atoms with E-state index in [1.54, 1.807) is 12.1 Å². The predicted molar refractivity (Wildman–Crippen MR) is 95.9 cm³/mol. The van der Waals surface area contributed by atoms with Gasteiger partial charge in [-0.05, 0) is 37.5 Å². The molecule has 0 aromatic heterocycles. The van der Waals surface area contributed by atoms with Crippen molar-refractivity contribution in [2.45, 2.75) is 37.0 Å². The van der Waals surface area contributed by atoms with Crippen molar-refractivity contribution in [3.63, 3.8) is 0 Å². The van der Waals surface area contributed by atoms with Crippen molar-refractivity contribution in [3.05, 3.63) is 33.8 Å². The van der Waals surface area contributed by atoms with Gasteiger partial charge in [-0.3, -0.25) is 4.99 Å². The number of aliphatic imine (C=N–C) groups is 1. The molecule has 23 heavy (non-hydrogen) atoms. The Morgan fingerprint density at radius 3 is 2.57 bits per heavy atom. The second kappa shape index (κ2) is 6.87. The molecule has 0 radical (unpaired) electrons. The molecule has 1 saturated carbocycles. The first-order valence-corrected chi connectivity index (χ1v) is 10.0. The normalized spacial score (nSPS) is 19.0. The lowest BCUT2D eigenvalue weighted by Gasteiger charge is -2.38. The van der Waals surface area contributed by atoms with Gasteiger partial charge in [0, 0.05) is 16.3 Å². The van der Waals surface area contributed by atoms with Gasteiger partial charge in [-0.15, -0.1) is 0 Å². The predicted octanol–water partition coefficient (Wildman–Crippen LogP) is 2.93. The van der Waals surface area contributed by atoms with Crippen LogP contribution in [-0.4, -0.2) is 31.9 Å². The van der Waals surface area contributed by atoms with Crippen molar-refractivity contribution in [1.82, 2.24) is 5.32 Å². The van der Waals surface area contributed by atoms with Crippen LogP contribution in [0.4, 0.5) is 0 Å². The quantitative estimate of drug-likeness (QED) is 0.610. The number of rotatable bonds is 5. The highest BCUT2D eigenvalue weighted by Crippen LogP contribution is 2.39. The number of sulfone groups is 1. The Kier molecular flexibility index (Phi) is 5.48. The number of benzene rings is 1. The molecule has 0 spiro atoms. The van der Waals surface area contributed by atoms with Crippen molar-refractivity contribution < 1.29 is 8.42 Å². The molecule has 0 heterocycles. The molecular formula is C15H21Cl2N3O2S. The second-order valence-electron chi connectivity index (χ2n) is 6.04. The van der Waals surface area contributed by atoms with E-state index in [2.05, 4.69) is 10.3 Å². The van der Waals surface area contributed by atoms with Crippen molar-refractivity contribution in [3.8, 4) is 0 Å². The molecule has 1 aliphatic rings. The highest BCUT2D eigenvalue weighted by Gasteiger charge is 2.46. The van der Waals surface area contributed by atoms with Gasteiger partial charge in [0.2, 0.25) is 0 Å². The summed E-state index contributed by atoms with van der Waals surface area (Å²) >= 11 is 12.0. The van der Waals surface area contributed by atoms with E-state index in [4.69, 9.17) is 28.9 Å². The molecule has 0 amide bonds. The summed E-state index contributed by atoms with van der Waals surface area (Å²) in [5.74, 6) is 0.207. The van der Waals surface area contributed by atoms with Crippen LogP contribution in [0.25, 0.3) is 0 Å². The van der Waals surface area contributed by atoms with E-state index in [1.807, 2.05) is 13.0 Å². The van der Waals surface area contributed by atoms with Gasteiger partial charge in [0.05, 0.1) is 17.3 Å². The molecule has 1 aromatic carbocycles. The van der Waals surface area contributed by atoms with Gasteiger partial charge < -0.3 is 11.1 Å². The van der Waals surface area contributed by atoms with E-state index in [0.717, 1.165) is 12.0 Å². The van der Waals surface area contributed by atoms with Crippen LogP contribution in [0, 0.1) is 0 Å². The fourth-order valence-corrected chi connectivity index (χ4v) is 4.55. The summed E-state index contributed by atoms with van der Waals surface area (Å²) < 4.78 is 23.1. The van der Waals surface area contributed by atoms with Crippen LogP contribution < -0.4 is 11.1 Å². The van der Waals surface area contributed by atoms with Crippen LogP contribution in [0.3, 0.4) is 0 Å². The maximum Gasteiger partial charge on any atom is 0.189 e. The van der Waals surface area contributed by atoms with Gasteiger partial charge in [0.1, 0.15) is 0 Å². The zero-order valence-corrected chi connectivity index (χ0v) is 15.5. The van der Waals surface area contributed by atoms with E-state index < -0.39 is 14.6 Å². The number of guanidine groups is 1. The molecule has 0 bridgehead atoms. The number of hydrogen-bond donors (Lipinski definition) is 2. The number of nitrogens with two attached hydrogens (primary N) is 1. The minimum atomic E-state index is -3.14. The fraction of sp³-hybridized carbons (Fsp3) is 0.533. The molecule has 0 saturated heterocycles. The van der Waals surface area contributed by atoms with Crippen LogP contribution in [0.1, 0.15) is 37.8 Å². The Balaban J connectivity index is 2.05. The Morgan fingerprint density at radius 1 is 1.43 bits per heavy atom. The molecule has 8 heteroatoms. The first-order chi connectivity index (χ1) is 10.6. The lowest BCUT2D eigenvalue weighted by atomic mass is 9.84. The van der Waals surface area contributed by atoms with Crippen molar-refractivity contribution in [2.75, 3.05) is 12.8 Å². The Morgan fingerprint density at radius 2 is 2.09 bits per heavy atom. The van der Waals surface area contributed by atoms with E-state index in [0.29, 0.717) is 22.9 Å². The molecule has 0 aliphatic heterocycles. The fourth-order valence-electron chi connectivity index (χ4n) is 2.64. The number of nitrogens with one attached hydrogen (secondary N) is 1. The van der Waals surface area contributed by atoms with Gasteiger partial charge in [0.15, 0.2) is 15.8 Å². The summed E-state index contributed by atoms with van der Waals surface area (Å²) in [6, 6.07) is 5.07. The highest BCUT2D eigenvalue weighted by molar-refractivity contribution is 7.92. The molecule has 2 rings (SSSR count). The van der Waals surface area contributed by atoms with E-state index in [9.17, 15) is 8.42 Å². The van der Waals surface area contributed by atoms with Gasteiger partial charge >= 0.3 is 0 Å². The molecule has 3 N–H and O–H groups in total. The standard InChI is InChI=1S/C15H21Cl2N3O2S/c1-10(12-5-4-11(16)8-13(12)17)20-14(18)19-9-15(6-3-7-15)23(2,21)22/h4-5,8,10H,3,6-7,9H2,1-2H3,(H3,18,19,20). The first kappa shape index (κ1) is 18.4. The SMILES string of the molecule is CC(NC(N)=NCC1(S(C)(=O)=O)CCC1)c1ccc(Cl)cc1Cl. The number of nitrogens with zero attached hydrogens (tertiary/aromatic N) is 1. The number of hydrogen-bond acceptors (Lipinski definition) is 3. The summed E-state index contributed by atoms with van der Waals surface area (Å²) in [6.45, 7) is 2.08. The average molecular weight is 378 g/mol. The van der Waals surface area contributed by atoms with Crippen molar-refractivity contribution in [1.29, 1.82) is 0 Å². The van der Waals surface area contributed by atoms with E-state index >= 15 is 0 Å². The summed E-state index contributed by atoms with van der Waals surface area (Å²) in [5.41, 5.74) is 6.74. The van der Waals surface area contributed by atoms with E-state index in [1.165, 1.54) is 6.26 Å². The molecular weight excluding hydrogens is 357 g/mol. The zero-order valence-electron chi connectivity index (χ0n) is 13.1. The molecule has 1 atom stereocenters. The first-order valence-electron chi connectivity index (χ1n) is 7.36. The minimum absolute atomic E-state index is 0.168. The van der Waals surface area contributed by atoms with Crippen LogP contribution in [0.15, 0.2) is 23.2 Å². The monoisotopic (exact) mass is 377 g/mol. The molecule has 5 nitrogen and oxygen atoms in total. The Bertz CT molecular complexity index is 715. The lowest BCUT2D eigenvalue weighted by molar-refractivity contribution is 0.346. The molecule has 128 valence electrons.